The maximum absolute atomic E-state index is 12.0. The van der Waals surface area contributed by atoms with Crippen LogP contribution in [0.5, 0.6) is 0 Å². The molecule has 2 aliphatic rings. The molecular formula is C18H35N3O. The van der Waals surface area contributed by atoms with Gasteiger partial charge in [0, 0.05) is 26.1 Å². The summed E-state index contributed by atoms with van der Waals surface area (Å²) >= 11 is 0. The Kier molecular flexibility index (Phi) is 7.16. The molecule has 0 radical (unpaired) electrons. The minimum atomic E-state index is 0.259. The molecule has 0 unspecified atom stereocenters. The molecule has 2 heterocycles. The van der Waals surface area contributed by atoms with Crippen LogP contribution in [0.4, 0.5) is 0 Å². The van der Waals surface area contributed by atoms with Gasteiger partial charge in [0.1, 0.15) is 0 Å². The highest BCUT2D eigenvalue weighted by molar-refractivity contribution is 5.76. The summed E-state index contributed by atoms with van der Waals surface area (Å²) in [7, 11) is 2.17. The lowest BCUT2D eigenvalue weighted by Gasteiger charge is -2.35. The van der Waals surface area contributed by atoms with Gasteiger partial charge in [-0.25, -0.2) is 0 Å². The van der Waals surface area contributed by atoms with E-state index in [0.29, 0.717) is 5.92 Å². The molecule has 2 fully saturated rings. The van der Waals surface area contributed by atoms with Crippen molar-refractivity contribution in [3.05, 3.63) is 0 Å². The molecule has 1 N–H and O–H groups in total. The first kappa shape index (κ1) is 17.7. The van der Waals surface area contributed by atoms with Gasteiger partial charge in [-0.3, -0.25) is 4.79 Å². The van der Waals surface area contributed by atoms with E-state index in [2.05, 4.69) is 36.0 Å². The van der Waals surface area contributed by atoms with Gasteiger partial charge in [0.2, 0.25) is 5.91 Å². The second-order valence-electron chi connectivity index (χ2n) is 7.86. The Labute approximate surface area is 136 Å². The van der Waals surface area contributed by atoms with Crippen molar-refractivity contribution >= 4 is 5.91 Å². The molecule has 0 aromatic rings. The highest BCUT2D eigenvalue weighted by Gasteiger charge is 2.21. The third-order valence-electron chi connectivity index (χ3n) is 5.23. The lowest BCUT2D eigenvalue weighted by Crippen LogP contribution is -2.40. The quantitative estimate of drug-likeness (QED) is 0.764. The van der Waals surface area contributed by atoms with Gasteiger partial charge < -0.3 is 15.1 Å². The summed E-state index contributed by atoms with van der Waals surface area (Å²) in [6.45, 7) is 11.4. The second-order valence-corrected chi connectivity index (χ2v) is 7.86. The predicted octanol–water partition coefficient (Wildman–Crippen LogP) is 2.20. The molecule has 0 aromatic heterocycles. The van der Waals surface area contributed by atoms with Crippen molar-refractivity contribution in [2.24, 2.45) is 17.8 Å². The first-order valence-corrected chi connectivity index (χ1v) is 9.20. The molecule has 2 saturated heterocycles. The molecule has 0 aliphatic carbocycles. The Morgan fingerprint density at radius 1 is 1.14 bits per heavy atom. The first-order chi connectivity index (χ1) is 10.5. The van der Waals surface area contributed by atoms with Crippen LogP contribution in [0, 0.1) is 17.8 Å². The minimum absolute atomic E-state index is 0.259. The number of carbonyl (C=O) groups excluding carboxylic acids is 1. The van der Waals surface area contributed by atoms with E-state index in [1.165, 1.54) is 32.4 Å². The zero-order chi connectivity index (χ0) is 15.9. The Hall–Kier alpha value is -0.610. The smallest absolute Gasteiger partial charge is 0.220 e. The van der Waals surface area contributed by atoms with Gasteiger partial charge >= 0.3 is 0 Å². The van der Waals surface area contributed by atoms with E-state index in [1.807, 2.05) is 0 Å². The number of carbonyl (C=O) groups is 1. The molecule has 2 aliphatic heterocycles. The van der Waals surface area contributed by atoms with Gasteiger partial charge in [-0.05, 0) is 70.1 Å². The largest absolute Gasteiger partial charge is 0.356 e. The molecule has 2 rings (SSSR count). The number of hydrogen-bond acceptors (Lipinski definition) is 3. The Balaban J connectivity index is 1.53. The van der Waals surface area contributed by atoms with Crippen LogP contribution >= 0.6 is 0 Å². The molecule has 0 bridgehead atoms. The average molecular weight is 309 g/mol. The topological polar surface area (TPSA) is 35.6 Å². The third kappa shape index (κ3) is 6.25. The standard InChI is InChI=1S/C18H35N3O/c1-15-11-16(2)14-21(13-15)8-4-7-19-18(22)12-17-5-9-20(3)10-6-17/h15-17H,4-14H2,1-3H3,(H,19,22)/t15-,16+. The molecule has 0 spiro atoms. The zero-order valence-electron chi connectivity index (χ0n) is 14.8. The maximum Gasteiger partial charge on any atom is 0.220 e. The van der Waals surface area contributed by atoms with E-state index < -0.39 is 0 Å². The van der Waals surface area contributed by atoms with Crippen LogP contribution < -0.4 is 5.32 Å². The van der Waals surface area contributed by atoms with E-state index in [9.17, 15) is 4.79 Å². The number of piperidine rings is 2. The highest BCUT2D eigenvalue weighted by Crippen LogP contribution is 2.21. The van der Waals surface area contributed by atoms with Gasteiger partial charge in [-0.1, -0.05) is 13.8 Å². The molecule has 2 atom stereocenters. The molecule has 1 amide bonds. The first-order valence-electron chi connectivity index (χ1n) is 9.20. The summed E-state index contributed by atoms with van der Waals surface area (Å²) in [5.41, 5.74) is 0. The van der Waals surface area contributed by atoms with Gasteiger partial charge in [0.25, 0.3) is 0 Å². The zero-order valence-corrected chi connectivity index (χ0v) is 14.8. The highest BCUT2D eigenvalue weighted by atomic mass is 16.1. The fraction of sp³-hybridized carbons (Fsp3) is 0.944. The van der Waals surface area contributed by atoms with Crippen molar-refractivity contribution < 1.29 is 4.79 Å². The van der Waals surface area contributed by atoms with Crippen LogP contribution in [-0.4, -0.2) is 62.0 Å². The molecule has 128 valence electrons. The summed E-state index contributed by atoms with van der Waals surface area (Å²) in [6.07, 6.45) is 5.52. The second kappa shape index (κ2) is 8.88. The number of amides is 1. The van der Waals surface area contributed by atoms with Gasteiger partial charge in [-0.15, -0.1) is 0 Å². The average Bonchev–Trinajstić information content (AvgIpc) is 2.45. The number of hydrogen-bond donors (Lipinski definition) is 1. The Bertz CT molecular complexity index is 329. The number of rotatable bonds is 6. The van der Waals surface area contributed by atoms with Crippen LogP contribution in [0.25, 0.3) is 0 Å². The van der Waals surface area contributed by atoms with Crippen molar-refractivity contribution in [3.63, 3.8) is 0 Å². The molecular weight excluding hydrogens is 274 g/mol. The van der Waals surface area contributed by atoms with E-state index >= 15 is 0 Å². The summed E-state index contributed by atoms with van der Waals surface area (Å²) < 4.78 is 0. The van der Waals surface area contributed by atoms with Gasteiger partial charge in [0.05, 0.1) is 0 Å². The van der Waals surface area contributed by atoms with E-state index in [4.69, 9.17) is 0 Å². The molecule has 0 saturated carbocycles. The van der Waals surface area contributed by atoms with Crippen LogP contribution in [0.15, 0.2) is 0 Å². The fourth-order valence-electron chi connectivity index (χ4n) is 4.11. The van der Waals surface area contributed by atoms with E-state index in [0.717, 1.165) is 50.9 Å². The van der Waals surface area contributed by atoms with Crippen molar-refractivity contribution in [2.45, 2.75) is 46.0 Å². The van der Waals surface area contributed by atoms with Crippen molar-refractivity contribution in [1.82, 2.24) is 15.1 Å². The van der Waals surface area contributed by atoms with Gasteiger partial charge in [0.15, 0.2) is 0 Å². The maximum atomic E-state index is 12.0. The number of nitrogens with one attached hydrogen (secondary N) is 1. The summed E-state index contributed by atoms with van der Waals surface area (Å²) in [5, 5.41) is 3.12. The van der Waals surface area contributed by atoms with Crippen molar-refractivity contribution in [1.29, 1.82) is 0 Å². The summed E-state index contributed by atoms with van der Waals surface area (Å²) in [6, 6.07) is 0. The van der Waals surface area contributed by atoms with Gasteiger partial charge in [-0.2, -0.15) is 0 Å². The fourth-order valence-corrected chi connectivity index (χ4v) is 4.11. The molecule has 22 heavy (non-hydrogen) atoms. The normalized spacial score (nSPS) is 28.7. The predicted molar refractivity (Wildman–Crippen MR) is 91.8 cm³/mol. The van der Waals surface area contributed by atoms with Crippen LogP contribution in [0.3, 0.4) is 0 Å². The summed E-state index contributed by atoms with van der Waals surface area (Å²) in [5.74, 6) is 2.50. The monoisotopic (exact) mass is 309 g/mol. The van der Waals surface area contributed by atoms with Crippen LogP contribution in [0.2, 0.25) is 0 Å². The van der Waals surface area contributed by atoms with Crippen LogP contribution in [-0.2, 0) is 4.79 Å². The molecule has 4 heteroatoms. The molecule has 0 aromatic carbocycles. The third-order valence-corrected chi connectivity index (χ3v) is 5.23. The number of nitrogens with zero attached hydrogens (tertiary/aromatic N) is 2. The van der Waals surface area contributed by atoms with Crippen molar-refractivity contribution in [2.75, 3.05) is 46.3 Å². The minimum Gasteiger partial charge on any atom is -0.356 e. The van der Waals surface area contributed by atoms with E-state index in [-0.39, 0.29) is 5.91 Å². The summed E-state index contributed by atoms with van der Waals surface area (Å²) in [4.78, 5) is 16.9. The lowest BCUT2D eigenvalue weighted by molar-refractivity contribution is -0.122. The number of likely N-dealkylation sites (tertiary alicyclic amines) is 2. The SMILES string of the molecule is C[C@@H]1C[C@H](C)CN(CCCNC(=O)CC2CCN(C)CC2)C1. The van der Waals surface area contributed by atoms with E-state index in [1.54, 1.807) is 0 Å². The van der Waals surface area contributed by atoms with Crippen molar-refractivity contribution in [3.8, 4) is 0 Å². The van der Waals surface area contributed by atoms with Crippen LogP contribution in [0.1, 0.15) is 46.0 Å². The Morgan fingerprint density at radius 3 is 2.41 bits per heavy atom. The molecule has 4 nitrogen and oxygen atoms in total. The lowest BCUT2D eigenvalue weighted by atomic mass is 9.92. The Morgan fingerprint density at radius 2 is 1.77 bits per heavy atom.